The molecule has 0 unspecified atom stereocenters. The molecule has 0 saturated carbocycles. The second-order valence-corrected chi connectivity index (χ2v) is 8.61. The second kappa shape index (κ2) is 10.7. The maximum absolute atomic E-state index is 12.3. The third kappa shape index (κ3) is 6.06. The number of carbonyl (C=O) groups excluding carboxylic acids is 1. The summed E-state index contributed by atoms with van der Waals surface area (Å²) in [6.45, 7) is 6.17. The molecule has 3 aromatic carbocycles. The summed E-state index contributed by atoms with van der Waals surface area (Å²) in [5.74, 6) is 0.820. The summed E-state index contributed by atoms with van der Waals surface area (Å²) in [6.07, 6.45) is 0. The number of anilines is 1. The van der Waals surface area contributed by atoms with Crippen LogP contribution in [-0.2, 0) is 4.79 Å². The fourth-order valence-electron chi connectivity index (χ4n) is 3.34. The molecule has 0 fully saturated rings. The van der Waals surface area contributed by atoms with E-state index < -0.39 is 5.91 Å². The van der Waals surface area contributed by atoms with Crippen molar-refractivity contribution in [3.63, 3.8) is 0 Å². The summed E-state index contributed by atoms with van der Waals surface area (Å²) in [7, 11) is 0. The van der Waals surface area contributed by atoms with E-state index in [1.54, 1.807) is 16.9 Å². The molecule has 1 aromatic heterocycles. The van der Waals surface area contributed by atoms with Crippen LogP contribution in [0.5, 0.6) is 11.5 Å². The number of ether oxygens (including phenoxy) is 2. The Morgan fingerprint density at radius 2 is 1.74 bits per heavy atom. The van der Waals surface area contributed by atoms with Gasteiger partial charge in [-0.2, -0.15) is 4.80 Å². The molecular formula is C25H24ClN5O3S. The van der Waals surface area contributed by atoms with E-state index in [4.69, 9.17) is 33.3 Å². The van der Waals surface area contributed by atoms with Gasteiger partial charge in [-0.1, -0.05) is 17.7 Å². The van der Waals surface area contributed by atoms with E-state index in [1.807, 2.05) is 63.2 Å². The molecule has 35 heavy (non-hydrogen) atoms. The Bertz CT molecular complexity index is 1390. The van der Waals surface area contributed by atoms with E-state index in [9.17, 15) is 4.79 Å². The molecule has 8 nitrogen and oxygen atoms in total. The van der Waals surface area contributed by atoms with Gasteiger partial charge in [-0.3, -0.25) is 10.1 Å². The van der Waals surface area contributed by atoms with Gasteiger partial charge in [0.25, 0.3) is 5.91 Å². The highest BCUT2D eigenvalue weighted by Crippen LogP contribution is 2.25. The number of hydrogen-bond acceptors (Lipinski definition) is 6. The lowest BCUT2D eigenvalue weighted by Gasteiger charge is -2.12. The summed E-state index contributed by atoms with van der Waals surface area (Å²) >= 11 is 11.4. The van der Waals surface area contributed by atoms with Gasteiger partial charge in [-0.05, 0) is 92.6 Å². The predicted octanol–water partition coefficient (Wildman–Crippen LogP) is 4.98. The van der Waals surface area contributed by atoms with Gasteiger partial charge in [-0.25, -0.2) is 0 Å². The van der Waals surface area contributed by atoms with Crippen LogP contribution in [0.1, 0.15) is 18.1 Å². The van der Waals surface area contributed by atoms with E-state index >= 15 is 0 Å². The van der Waals surface area contributed by atoms with Crippen LogP contribution >= 0.6 is 23.8 Å². The van der Waals surface area contributed by atoms with Crippen molar-refractivity contribution in [2.75, 3.05) is 18.5 Å². The van der Waals surface area contributed by atoms with E-state index in [0.29, 0.717) is 28.6 Å². The minimum absolute atomic E-state index is 0.148. The van der Waals surface area contributed by atoms with Crippen molar-refractivity contribution in [3.8, 4) is 17.2 Å². The first-order valence-electron chi connectivity index (χ1n) is 10.9. The van der Waals surface area contributed by atoms with E-state index in [2.05, 4.69) is 20.8 Å². The zero-order chi connectivity index (χ0) is 24.9. The fraction of sp³-hybridized carbons (Fsp3) is 0.200. The molecule has 1 heterocycles. The maximum Gasteiger partial charge on any atom is 0.264 e. The monoisotopic (exact) mass is 509 g/mol. The summed E-state index contributed by atoms with van der Waals surface area (Å²) < 4.78 is 11.0. The van der Waals surface area contributed by atoms with E-state index in [-0.39, 0.29) is 11.7 Å². The van der Waals surface area contributed by atoms with Crippen molar-refractivity contribution < 1.29 is 14.3 Å². The van der Waals surface area contributed by atoms with Gasteiger partial charge < -0.3 is 14.8 Å². The van der Waals surface area contributed by atoms with E-state index in [1.165, 1.54) is 0 Å². The predicted molar refractivity (Wildman–Crippen MR) is 141 cm³/mol. The number of fused-ring (bicyclic) bond motifs is 1. The molecule has 0 aliphatic heterocycles. The van der Waals surface area contributed by atoms with Crippen molar-refractivity contribution in [1.82, 2.24) is 20.3 Å². The Kier molecular flexibility index (Phi) is 7.48. The number of amides is 1. The van der Waals surface area contributed by atoms with Crippen LogP contribution in [0, 0.1) is 13.8 Å². The number of benzene rings is 3. The van der Waals surface area contributed by atoms with Gasteiger partial charge in [0.15, 0.2) is 11.7 Å². The average molecular weight is 510 g/mol. The topological polar surface area (TPSA) is 90.3 Å². The lowest BCUT2D eigenvalue weighted by atomic mass is 10.2. The number of thiocarbonyl (C=S) groups is 1. The average Bonchev–Trinajstić information content (AvgIpc) is 3.22. The van der Waals surface area contributed by atoms with Gasteiger partial charge >= 0.3 is 0 Å². The number of halogens is 1. The first kappa shape index (κ1) is 24.4. The van der Waals surface area contributed by atoms with Crippen molar-refractivity contribution in [3.05, 3.63) is 70.7 Å². The molecule has 10 heteroatoms. The Balaban J connectivity index is 1.40. The summed E-state index contributed by atoms with van der Waals surface area (Å²) in [5.41, 5.74) is 4.84. The second-order valence-electron chi connectivity index (χ2n) is 7.80. The zero-order valence-electron chi connectivity index (χ0n) is 19.5. The van der Waals surface area contributed by atoms with Gasteiger partial charge in [0, 0.05) is 5.69 Å². The normalized spacial score (nSPS) is 10.7. The number of hydrogen-bond donors (Lipinski definition) is 2. The van der Waals surface area contributed by atoms with Gasteiger partial charge in [0.05, 0.1) is 17.3 Å². The molecule has 180 valence electrons. The highest BCUT2D eigenvalue weighted by Gasteiger charge is 2.12. The number of carbonyl (C=O) groups is 1. The van der Waals surface area contributed by atoms with Gasteiger partial charge in [-0.15, -0.1) is 10.2 Å². The molecule has 2 N–H and O–H groups in total. The van der Waals surface area contributed by atoms with Crippen LogP contribution in [0.15, 0.2) is 54.6 Å². The van der Waals surface area contributed by atoms with Crippen LogP contribution < -0.4 is 20.1 Å². The van der Waals surface area contributed by atoms with Crippen LogP contribution in [-0.4, -0.2) is 39.2 Å². The minimum Gasteiger partial charge on any atom is -0.494 e. The highest BCUT2D eigenvalue weighted by atomic mass is 35.5. The first-order chi connectivity index (χ1) is 16.8. The largest absolute Gasteiger partial charge is 0.494 e. The number of aromatic nitrogens is 3. The number of nitrogens with zero attached hydrogens (tertiary/aromatic N) is 3. The summed E-state index contributed by atoms with van der Waals surface area (Å²) in [4.78, 5) is 13.8. The van der Waals surface area contributed by atoms with Gasteiger partial charge in [0.2, 0.25) is 0 Å². The van der Waals surface area contributed by atoms with Crippen LogP contribution in [0.3, 0.4) is 0 Å². The number of aryl methyl sites for hydroxylation is 2. The van der Waals surface area contributed by atoms with Gasteiger partial charge in [0.1, 0.15) is 22.5 Å². The lowest BCUT2D eigenvalue weighted by molar-refractivity contribution is -0.121. The molecule has 4 rings (SSSR count). The highest BCUT2D eigenvalue weighted by molar-refractivity contribution is 7.80. The molecule has 1 amide bonds. The molecule has 0 bridgehead atoms. The Morgan fingerprint density at radius 3 is 2.43 bits per heavy atom. The number of rotatable bonds is 7. The summed E-state index contributed by atoms with van der Waals surface area (Å²) in [6, 6.07) is 16.6. The Morgan fingerprint density at radius 1 is 1.03 bits per heavy atom. The van der Waals surface area contributed by atoms with Crippen molar-refractivity contribution in [2.24, 2.45) is 0 Å². The van der Waals surface area contributed by atoms with Crippen molar-refractivity contribution in [2.45, 2.75) is 20.8 Å². The zero-order valence-corrected chi connectivity index (χ0v) is 21.0. The molecule has 0 atom stereocenters. The Labute approximate surface area is 213 Å². The molecule has 0 radical (unpaired) electrons. The van der Waals surface area contributed by atoms with Crippen molar-refractivity contribution >= 4 is 51.6 Å². The molecule has 0 aliphatic carbocycles. The Hall–Kier alpha value is -3.69. The van der Waals surface area contributed by atoms with Crippen LogP contribution in [0.2, 0.25) is 5.02 Å². The molecule has 0 aliphatic rings. The van der Waals surface area contributed by atoms with Crippen LogP contribution in [0.4, 0.5) is 5.69 Å². The summed E-state index contributed by atoms with van der Waals surface area (Å²) in [5, 5.41) is 15.4. The quantitative estimate of drug-likeness (QED) is 0.339. The van der Waals surface area contributed by atoms with Crippen molar-refractivity contribution in [1.29, 1.82) is 0 Å². The lowest BCUT2D eigenvalue weighted by Crippen LogP contribution is -2.37. The van der Waals surface area contributed by atoms with E-state index in [0.717, 1.165) is 28.1 Å². The maximum atomic E-state index is 12.3. The SMILES string of the molecule is CCOc1ccc(-n2nc3cc(C)c(NC(=S)NC(=O)COc4ccc(C)cc4Cl)cc3n2)cc1. The standard InChI is InChI=1S/C25H24ClN5O3S/c1-4-33-18-8-6-17(7-9-18)31-29-21-12-16(3)20(13-22(21)30-31)27-25(35)28-24(32)14-34-23-10-5-15(2)11-19(23)26/h5-13H,4,14H2,1-3H3,(H2,27,28,32,35). The number of nitrogens with one attached hydrogen (secondary N) is 2. The van der Waals surface area contributed by atoms with Crippen LogP contribution in [0.25, 0.3) is 16.7 Å². The minimum atomic E-state index is -0.403. The first-order valence-corrected chi connectivity index (χ1v) is 11.7. The fourth-order valence-corrected chi connectivity index (χ4v) is 3.86. The third-order valence-electron chi connectivity index (χ3n) is 5.05. The molecule has 0 saturated heterocycles. The molecular weight excluding hydrogens is 486 g/mol. The molecule has 0 spiro atoms. The molecule has 4 aromatic rings. The third-order valence-corrected chi connectivity index (χ3v) is 5.55. The smallest absolute Gasteiger partial charge is 0.264 e.